The molecule has 0 spiro atoms. The summed E-state index contributed by atoms with van der Waals surface area (Å²) in [6, 6.07) is 5.06. The van der Waals surface area contributed by atoms with E-state index in [9.17, 15) is 13.2 Å². The van der Waals surface area contributed by atoms with Gasteiger partial charge in [-0.25, -0.2) is 15.0 Å². The van der Waals surface area contributed by atoms with Crippen LogP contribution < -0.4 is 4.90 Å². The zero-order valence-electron chi connectivity index (χ0n) is 11.8. The molecule has 0 unspecified atom stereocenters. The van der Waals surface area contributed by atoms with E-state index in [4.69, 9.17) is 11.6 Å². The lowest BCUT2D eigenvalue weighted by Crippen LogP contribution is -2.20. The Morgan fingerprint density at radius 2 is 1.95 bits per heavy atom. The Morgan fingerprint density at radius 3 is 2.64 bits per heavy atom. The van der Waals surface area contributed by atoms with E-state index in [-0.39, 0.29) is 6.42 Å². The standard InChI is InChI=1S/C14H14ClF3N4/c1-22(9-10-3-2-7-19-12(10)15)13-20-8-5-11(21-13)4-6-14(16,17)18/h2-3,5,7-8H,4,6,9H2,1H3. The highest BCUT2D eigenvalue weighted by Crippen LogP contribution is 2.22. The minimum absolute atomic E-state index is 0.166. The van der Waals surface area contributed by atoms with E-state index >= 15 is 0 Å². The summed E-state index contributed by atoms with van der Waals surface area (Å²) in [5.41, 5.74) is 1.14. The summed E-state index contributed by atoms with van der Waals surface area (Å²) in [6.45, 7) is 0.412. The minimum atomic E-state index is -4.19. The quantitative estimate of drug-likeness (QED) is 0.785. The molecule has 22 heavy (non-hydrogen) atoms. The molecule has 2 rings (SSSR count). The van der Waals surface area contributed by atoms with E-state index in [1.807, 2.05) is 6.07 Å². The van der Waals surface area contributed by atoms with Crippen LogP contribution in [0.3, 0.4) is 0 Å². The molecule has 2 heterocycles. The number of pyridine rings is 1. The van der Waals surface area contributed by atoms with Crippen LogP contribution in [0.2, 0.25) is 5.15 Å². The first-order valence-corrected chi connectivity index (χ1v) is 6.92. The zero-order valence-corrected chi connectivity index (χ0v) is 12.6. The molecule has 0 N–H and O–H groups in total. The van der Waals surface area contributed by atoms with Crippen LogP contribution in [0.1, 0.15) is 17.7 Å². The number of halogens is 4. The largest absolute Gasteiger partial charge is 0.389 e. The number of alkyl halides is 3. The van der Waals surface area contributed by atoms with E-state index in [2.05, 4.69) is 15.0 Å². The summed E-state index contributed by atoms with van der Waals surface area (Å²) >= 11 is 5.98. The second-order valence-corrected chi connectivity index (χ2v) is 5.13. The number of rotatable bonds is 5. The molecule has 0 bridgehead atoms. The molecule has 0 saturated heterocycles. The molecule has 0 aliphatic rings. The van der Waals surface area contributed by atoms with Crippen LogP contribution in [0.4, 0.5) is 19.1 Å². The summed E-state index contributed by atoms with van der Waals surface area (Å²) < 4.78 is 36.8. The molecule has 2 aromatic rings. The van der Waals surface area contributed by atoms with Gasteiger partial charge in [0.1, 0.15) is 5.15 Å². The molecule has 0 radical (unpaired) electrons. The minimum Gasteiger partial charge on any atom is -0.339 e. The third kappa shape index (κ3) is 4.84. The lowest BCUT2D eigenvalue weighted by Gasteiger charge is -2.18. The van der Waals surface area contributed by atoms with Gasteiger partial charge in [0, 0.05) is 43.7 Å². The first kappa shape index (κ1) is 16.5. The van der Waals surface area contributed by atoms with Gasteiger partial charge in [-0.3, -0.25) is 0 Å². The maximum Gasteiger partial charge on any atom is 0.389 e. The van der Waals surface area contributed by atoms with Crippen molar-refractivity contribution < 1.29 is 13.2 Å². The lowest BCUT2D eigenvalue weighted by molar-refractivity contribution is -0.134. The molecule has 118 valence electrons. The van der Waals surface area contributed by atoms with Crippen LogP contribution in [0.5, 0.6) is 0 Å². The Balaban J connectivity index is 2.07. The highest BCUT2D eigenvalue weighted by Gasteiger charge is 2.26. The lowest BCUT2D eigenvalue weighted by atomic mass is 10.2. The topological polar surface area (TPSA) is 41.9 Å². The Labute approximate surface area is 131 Å². The number of nitrogens with zero attached hydrogens (tertiary/aromatic N) is 4. The molecule has 0 saturated carbocycles. The van der Waals surface area contributed by atoms with Crippen LogP contribution >= 0.6 is 11.6 Å². The number of aromatic nitrogens is 3. The van der Waals surface area contributed by atoms with Gasteiger partial charge in [0.15, 0.2) is 0 Å². The van der Waals surface area contributed by atoms with Gasteiger partial charge in [-0.15, -0.1) is 0 Å². The van der Waals surface area contributed by atoms with Crippen LogP contribution in [0.15, 0.2) is 30.6 Å². The van der Waals surface area contributed by atoms with Crippen LogP contribution in [-0.2, 0) is 13.0 Å². The van der Waals surface area contributed by atoms with E-state index in [0.717, 1.165) is 5.56 Å². The first-order chi connectivity index (χ1) is 10.3. The van der Waals surface area contributed by atoms with Crippen LogP contribution in [0.25, 0.3) is 0 Å². The molecule has 8 heteroatoms. The van der Waals surface area contributed by atoms with Gasteiger partial charge >= 0.3 is 6.18 Å². The van der Waals surface area contributed by atoms with E-state index in [0.29, 0.717) is 23.3 Å². The number of hydrogen-bond donors (Lipinski definition) is 0. The van der Waals surface area contributed by atoms with Gasteiger partial charge < -0.3 is 4.90 Å². The van der Waals surface area contributed by atoms with Crippen molar-refractivity contribution in [1.29, 1.82) is 0 Å². The van der Waals surface area contributed by atoms with Crippen molar-refractivity contribution in [2.75, 3.05) is 11.9 Å². The molecular formula is C14H14ClF3N4. The van der Waals surface area contributed by atoms with Gasteiger partial charge in [0.2, 0.25) is 5.95 Å². The van der Waals surface area contributed by atoms with Gasteiger partial charge in [0.05, 0.1) is 0 Å². The summed E-state index contributed by atoms with van der Waals surface area (Å²) in [7, 11) is 1.74. The predicted octanol–water partition coefficient (Wildman–Crippen LogP) is 3.66. The molecule has 0 aromatic carbocycles. The Kier molecular flexibility index (Phi) is 5.18. The summed E-state index contributed by atoms with van der Waals surface area (Å²) in [5.74, 6) is 0.347. The second kappa shape index (κ2) is 6.91. The predicted molar refractivity (Wildman–Crippen MR) is 77.8 cm³/mol. The van der Waals surface area contributed by atoms with Crippen LogP contribution in [0, 0.1) is 0 Å². The van der Waals surface area contributed by atoms with Crippen molar-refractivity contribution in [3.63, 3.8) is 0 Å². The monoisotopic (exact) mass is 330 g/mol. The summed E-state index contributed by atoms with van der Waals surface area (Å²) in [4.78, 5) is 13.9. The van der Waals surface area contributed by atoms with Crippen molar-refractivity contribution in [2.45, 2.75) is 25.6 Å². The van der Waals surface area contributed by atoms with Gasteiger partial charge in [-0.2, -0.15) is 13.2 Å². The smallest absolute Gasteiger partial charge is 0.339 e. The fourth-order valence-electron chi connectivity index (χ4n) is 1.84. The van der Waals surface area contributed by atoms with E-state index in [1.54, 1.807) is 24.2 Å². The zero-order chi connectivity index (χ0) is 16.2. The SMILES string of the molecule is CN(Cc1cccnc1Cl)c1nccc(CCC(F)(F)F)n1. The number of aryl methyl sites for hydroxylation is 1. The maximum atomic E-state index is 12.3. The van der Waals surface area contributed by atoms with Crippen LogP contribution in [-0.4, -0.2) is 28.2 Å². The number of hydrogen-bond acceptors (Lipinski definition) is 4. The summed E-state index contributed by atoms with van der Waals surface area (Å²) in [6.07, 6.45) is -2.22. The van der Waals surface area contributed by atoms with Gasteiger partial charge in [0.25, 0.3) is 0 Å². The number of anilines is 1. The molecule has 2 aromatic heterocycles. The van der Waals surface area contributed by atoms with Gasteiger partial charge in [-0.05, 0) is 18.6 Å². The first-order valence-electron chi connectivity index (χ1n) is 6.54. The highest BCUT2D eigenvalue weighted by molar-refractivity contribution is 6.30. The molecule has 0 atom stereocenters. The highest BCUT2D eigenvalue weighted by atomic mass is 35.5. The average molecular weight is 331 g/mol. The fraction of sp³-hybridized carbons (Fsp3) is 0.357. The Bertz CT molecular complexity index is 633. The third-order valence-corrected chi connectivity index (χ3v) is 3.29. The summed E-state index contributed by atoms with van der Waals surface area (Å²) in [5, 5.41) is 0.377. The van der Waals surface area contributed by atoms with E-state index < -0.39 is 12.6 Å². The van der Waals surface area contributed by atoms with Crippen molar-refractivity contribution in [2.24, 2.45) is 0 Å². The van der Waals surface area contributed by atoms with Crippen molar-refractivity contribution in [3.8, 4) is 0 Å². The fourth-order valence-corrected chi connectivity index (χ4v) is 2.02. The molecular weight excluding hydrogens is 317 g/mol. The maximum absolute atomic E-state index is 12.3. The second-order valence-electron chi connectivity index (χ2n) is 4.77. The van der Waals surface area contributed by atoms with Gasteiger partial charge in [-0.1, -0.05) is 17.7 Å². The third-order valence-electron chi connectivity index (χ3n) is 2.95. The van der Waals surface area contributed by atoms with Crippen molar-refractivity contribution in [1.82, 2.24) is 15.0 Å². The average Bonchev–Trinajstić information content (AvgIpc) is 2.47. The van der Waals surface area contributed by atoms with E-state index in [1.165, 1.54) is 12.3 Å². The van der Waals surface area contributed by atoms with Crippen molar-refractivity contribution in [3.05, 3.63) is 47.0 Å². The van der Waals surface area contributed by atoms with Crippen molar-refractivity contribution >= 4 is 17.5 Å². The molecule has 4 nitrogen and oxygen atoms in total. The Morgan fingerprint density at radius 1 is 1.18 bits per heavy atom. The Hall–Kier alpha value is -1.89. The molecule has 0 aliphatic heterocycles. The molecule has 0 aliphatic carbocycles. The molecule has 0 fully saturated rings. The molecule has 0 amide bonds. The normalized spacial score (nSPS) is 11.5.